The first-order chi connectivity index (χ1) is 30.2. The second kappa shape index (κ2) is 14.3. The molecule has 0 saturated heterocycles. The number of anilines is 3. The molecule has 0 radical (unpaired) electrons. The third-order valence-corrected chi connectivity index (χ3v) is 12.2. The summed E-state index contributed by atoms with van der Waals surface area (Å²) in [6.45, 7) is 0. The SMILES string of the molecule is c1ccc(N(c2ccc(-c3ccc(-n4c5ccccc5c5ccccc54)cc3)cc2)c2ccc(-c3cccc4ccccc34)cc2)c(-c2ccc3c(c2)oc2ccccc23)c1. The zero-order chi connectivity index (χ0) is 40.3. The van der Waals surface area contributed by atoms with Crippen LogP contribution in [0, 0.1) is 0 Å². The average Bonchev–Trinajstić information content (AvgIpc) is 3.88. The van der Waals surface area contributed by atoms with Gasteiger partial charge in [0.25, 0.3) is 0 Å². The molecule has 0 aliphatic carbocycles. The first kappa shape index (κ1) is 34.9. The van der Waals surface area contributed by atoms with Gasteiger partial charge in [0.1, 0.15) is 11.2 Å². The molecule has 0 unspecified atom stereocenters. The lowest BCUT2D eigenvalue weighted by Crippen LogP contribution is -2.11. The number of nitrogens with zero attached hydrogens (tertiary/aromatic N) is 2. The lowest BCUT2D eigenvalue weighted by Gasteiger charge is -2.28. The van der Waals surface area contributed by atoms with Crippen molar-refractivity contribution in [3.8, 4) is 39.1 Å². The highest BCUT2D eigenvalue weighted by Gasteiger charge is 2.19. The predicted molar refractivity (Wildman–Crippen MR) is 257 cm³/mol. The smallest absolute Gasteiger partial charge is 0.136 e. The normalized spacial score (nSPS) is 11.6. The minimum Gasteiger partial charge on any atom is -0.456 e. The van der Waals surface area contributed by atoms with E-state index in [0.29, 0.717) is 0 Å². The fourth-order valence-corrected chi connectivity index (χ4v) is 9.31. The van der Waals surface area contributed by atoms with Crippen LogP contribution in [0.5, 0.6) is 0 Å². The van der Waals surface area contributed by atoms with Crippen LogP contribution in [0.2, 0.25) is 0 Å². The number of hydrogen-bond donors (Lipinski definition) is 0. The van der Waals surface area contributed by atoms with Gasteiger partial charge in [-0.2, -0.15) is 0 Å². The Hall–Kier alpha value is -8.14. The number of benzene rings is 10. The van der Waals surface area contributed by atoms with E-state index in [1.165, 1.54) is 49.3 Å². The first-order valence-electron chi connectivity index (χ1n) is 20.8. The Morgan fingerprint density at radius 1 is 0.328 bits per heavy atom. The summed E-state index contributed by atoms with van der Waals surface area (Å²) in [5.74, 6) is 0. The van der Waals surface area contributed by atoms with Crippen LogP contribution in [-0.4, -0.2) is 4.57 Å². The fraction of sp³-hybridized carbons (Fsp3) is 0. The van der Waals surface area contributed by atoms with Gasteiger partial charge < -0.3 is 13.9 Å². The number of fused-ring (bicyclic) bond motifs is 7. The maximum Gasteiger partial charge on any atom is 0.136 e. The van der Waals surface area contributed by atoms with Crippen molar-refractivity contribution in [3.05, 3.63) is 231 Å². The van der Waals surface area contributed by atoms with Gasteiger partial charge in [0.2, 0.25) is 0 Å². The summed E-state index contributed by atoms with van der Waals surface area (Å²) in [5.41, 5.74) is 15.5. The van der Waals surface area contributed by atoms with Crippen LogP contribution in [0.25, 0.3) is 93.6 Å². The van der Waals surface area contributed by atoms with Crippen LogP contribution in [-0.2, 0) is 0 Å². The standard InChI is InChI=1S/C58H38N2O/c1-2-14-47-41(12-1)13-11-19-48(47)42-28-35-45(36-29-42)59(54-20-7-3-15-49(54)43-30-37-53-52-18-6-10-23-57(52)61-58(53)38-43)44-31-24-39(25-32-44)40-26-33-46(34-27-40)60-55-21-8-4-16-50(55)51-17-5-9-22-56(51)60/h1-38H. The molecule has 0 saturated carbocycles. The Bertz CT molecular complexity index is 3520. The lowest BCUT2D eigenvalue weighted by molar-refractivity contribution is 0.669. The fourth-order valence-electron chi connectivity index (χ4n) is 9.31. The maximum absolute atomic E-state index is 6.38. The highest BCUT2D eigenvalue weighted by atomic mass is 16.3. The number of furan rings is 1. The molecule has 10 aromatic carbocycles. The quantitative estimate of drug-likeness (QED) is 0.161. The van der Waals surface area contributed by atoms with E-state index in [9.17, 15) is 0 Å². The van der Waals surface area contributed by atoms with E-state index in [1.807, 2.05) is 12.1 Å². The molecule has 0 amide bonds. The molecule has 0 spiro atoms. The molecule has 0 atom stereocenters. The van der Waals surface area contributed by atoms with Crippen molar-refractivity contribution in [2.24, 2.45) is 0 Å². The maximum atomic E-state index is 6.38. The molecule has 3 nitrogen and oxygen atoms in total. The largest absolute Gasteiger partial charge is 0.456 e. The van der Waals surface area contributed by atoms with Crippen molar-refractivity contribution in [1.82, 2.24) is 4.57 Å². The number of aromatic nitrogens is 1. The minimum atomic E-state index is 0.882. The Kier molecular flexibility index (Phi) is 8.17. The molecule has 286 valence electrons. The summed E-state index contributed by atoms with van der Waals surface area (Å²) >= 11 is 0. The van der Waals surface area contributed by atoms with Gasteiger partial charge in [-0.1, -0.05) is 158 Å². The predicted octanol–water partition coefficient (Wildman–Crippen LogP) is 16.3. The summed E-state index contributed by atoms with van der Waals surface area (Å²) in [6, 6.07) is 82.9. The molecule has 12 aromatic rings. The highest BCUT2D eigenvalue weighted by molar-refractivity contribution is 6.09. The van der Waals surface area contributed by atoms with Crippen LogP contribution in [0.3, 0.4) is 0 Å². The molecule has 0 bridgehead atoms. The van der Waals surface area contributed by atoms with Crippen LogP contribution in [0.1, 0.15) is 0 Å². The molecule has 2 heterocycles. The van der Waals surface area contributed by atoms with E-state index < -0.39 is 0 Å². The summed E-state index contributed by atoms with van der Waals surface area (Å²) in [7, 11) is 0. The number of para-hydroxylation sites is 4. The molecule has 0 aliphatic heterocycles. The van der Waals surface area contributed by atoms with E-state index >= 15 is 0 Å². The van der Waals surface area contributed by atoms with Crippen LogP contribution in [0.15, 0.2) is 235 Å². The molecular formula is C58H38N2O. The van der Waals surface area contributed by atoms with Crippen molar-refractivity contribution in [2.75, 3.05) is 4.90 Å². The van der Waals surface area contributed by atoms with Gasteiger partial charge in [-0.25, -0.2) is 0 Å². The van der Waals surface area contributed by atoms with E-state index in [1.54, 1.807) is 0 Å². The molecule has 61 heavy (non-hydrogen) atoms. The molecule has 0 N–H and O–H groups in total. The van der Waals surface area contributed by atoms with E-state index in [2.05, 4.69) is 228 Å². The van der Waals surface area contributed by atoms with Gasteiger partial charge in [-0.05, 0) is 111 Å². The van der Waals surface area contributed by atoms with Gasteiger partial charge >= 0.3 is 0 Å². The molecule has 0 fully saturated rings. The number of hydrogen-bond acceptors (Lipinski definition) is 2. The van der Waals surface area contributed by atoms with Gasteiger partial charge in [0.05, 0.1) is 16.7 Å². The van der Waals surface area contributed by atoms with Gasteiger partial charge in [0.15, 0.2) is 0 Å². The zero-order valence-corrected chi connectivity index (χ0v) is 33.2. The molecule has 2 aromatic heterocycles. The Morgan fingerprint density at radius 3 is 1.56 bits per heavy atom. The average molecular weight is 779 g/mol. The van der Waals surface area contributed by atoms with E-state index in [0.717, 1.165) is 61.4 Å². The molecule has 3 heteroatoms. The van der Waals surface area contributed by atoms with Crippen molar-refractivity contribution < 1.29 is 4.42 Å². The summed E-state index contributed by atoms with van der Waals surface area (Å²) in [4.78, 5) is 2.38. The third-order valence-electron chi connectivity index (χ3n) is 12.2. The van der Waals surface area contributed by atoms with Crippen LogP contribution < -0.4 is 4.90 Å². The molecule has 12 rings (SSSR count). The Balaban J connectivity index is 0.946. The van der Waals surface area contributed by atoms with E-state index in [-0.39, 0.29) is 0 Å². The molecular weight excluding hydrogens is 741 g/mol. The van der Waals surface area contributed by atoms with Crippen molar-refractivity contribution in [3.63, 3.8) is 0 Å². The van der Waals surface area contributed by atoms with Crippen molar-refractivity contribution in [2.45, 2.75) is 0 Å². The molecule has 0 aliphatic rings. The second-order valence-corrected chi connectivity index (χ2v) is 15.7. The van der Waals surface area contributed by atoms with Gasteiger partial charge in [-0.3, -0.25) is 0 Å². The Morgan fingerprint density at radius 2 is 0.836 bits per heavy atom. The highest BCUT2D eigenvalue weighted by Crippen LogP contribution is 2.43. The van der Waals surface area contributed by atoms with Crippen molar-refractivity contribution >= 4 is 71.6 Å². The van der Waals surface area contributed by atoms with Crippen molar-refractivity contribution in [1.29, 1.82) is 0 Å². The second-order valence-electron chi connectivity index (χ2n) is 15.7. The summed E-state index contributed by atoms with van der Waals surface area (Å²) in [5, 5.41) is 7.27. The van der Waals surface area contributed by atoms with Gasteiger partial charge in [0, 0.05) is 44.2 Å². The van der Waals surface area contributed by atoms with E-state index in [4.69, 9.17) is 4.42 Å². The van der Waals surface area contributed by atoms with Crippen LogP contribution >= 0.6 is 0 Å². The summed E-state index contributed by atoms with van der Waals surface area (Å²) in [6.07, 6.45) is 0. The topological polar surface area (TPSA) is 21.3 Å². The Labute approximate surface area is 353 Å². The summed E-state index contributed by atoms with van der Waals surface area (Å²) < 4.78 is 8.74. The first-order valence-corrected chi connectivity index (χ1v) is 20.8. The van der Waals surface area contributed by atoms with Crippen LogP contribution in [0.4, 0.5) is 17.1 Å². The van der Waals surface area contributed by atoms with Gasteiger partial charge in [-0.15, -0.1) is 0 Å². The lowest BCUT2D eigenvalue weighted by atomic mass is 9.97. The zero-order valence-electron chi connectivity index (χ0n) is 33.2. The monoisotopic (exact) mass is 778 g/mol. The number of rotatable bonds is 7. The third kappa shape index (κ3) is 5.90. The minimum absolute atomic E-state index is 0.882.